The smallest absolute Gasteiger partial charge is 0.0173 e. The second kappa shape index (κ2) is 6.07. The van der Waals surface area contributed by atoms with Crippen LogP contribution in [0.3, 0.4) is 0 Å². The van der Waals surface area contributed by atoms with Gasteiger partial charge in [0.15, 0.2) is 0 Å². The standard InChI is InChI=1S/C17H23N/c1-3-5-12-16(18-4-2)17(13-9-14-17)15-10-7-6-8-11-15/h1,6-8,10-11,16,18H,4-5,9,12-14H2,2H3. The van der Waals surface area contributed by atoms with E-state index in [1.165, 1.54) is 24.8 Å². The van der Waals surface area contributed by atoms with Crippen molar-refractivity contribution in [2.75, 3.05) is 6.54 Å². The number of benzene rings is 1. The molecule has 0 spiro atoms. The summed E-state index contributed by atoms with van der Waals surface area (Å²) >= 11 is 0. The molecule has 1 fully saturated rings. The Balaban J connectivity index is 2.21. The Morgan fingerprint density at radius 2 is 2.06 bits per heavy atom. The number of nitrogens with one attached hydrogen (secondary N) is 1. The van der Waals surface area contributed by atoms with Crippen molar-refractivity contribution < 1.29 is 0 Å². The summed E-state index contributed by atoms with van der Waals surface area (Å²) in [4.78, 5) is 0. The zero-order chi connectivity index (χ0) is 12.8. The van der Waals surface area contributed by atoms with Gasteiger partial charge >= 0.3 is 0 Å². The zero-order valence-electron chi connectivity index (χ0n) is 11.3. The largest absolute Gasteiger partial charge is 0.313 e. The van der Waals surface area contributed by atoms with Gasteiger partial charge in [0, 0.05) is 17.9 Å². The molecule has 0 saturated heterocycles. The third-order valence-corrected chi connectivity index (χ3v) is 4.29. The lowest BCUT2D eigenvalue weighted by Crippen LogP contribution is -2.52. The second-order valence-electron chi connectivity index (χ2n) is 5.23. The van der Waals surface area contributed by atoms with Gasteiger partial charge < -0.3 is 5.32 Å². The van der Waals surface area contributed by atoms with E-state index in [9.17, 15) is 0 Å². The Kier molecular flexibility index (Phi) is 4.44. The minimum atomic E-state index is 0.327. The van der Waals surface area contributed by atoms with E-state index < -0.39 is 0 Å². The van der Waals surface area contributed by atoms with Gasteiger partial charge in [-0.3, -0.25) is 0 Å². The lowest BCUT2D eigenvalue weighted by Gasteiger charge is -2.49. The van der Waals surface area contributed by atoms with Gasteiger partial charge in [0.25, 0.3) is 0 Å². The van der Waals surface area contributed by atoms with Crippen LogP contribution in [0.25, 0.3) is 0 Å². The Bertz CT molecular complexity index is 397. The monoisotopic (exact) mass is 241 g/mol. The SMILES string of the molecule is C#CCCC(NCC)C1(c2ccccc2)CCC1. The Morgan fingerprint density at radius 3 is 2.56 bits per heavy atom. The molecule has 1 aromatic carbocycles. The fourth-order valence-corrected chi connectivity index (χ4v) is 3.21. The summed E-state index contributed by atoms with van der Waals surface area (Å²) in [7, 11) is 0. The van der Waals surface area contributed by atoms with Crippen molar-refractivity contribution in [2.45, 2.75) is 50.5 Å². The van der Waals surface area contributed by atoms with Crippen LogP contribution in [0, 0.1) is 12.3 Å². The topological polar surface area (TPSA) is 12.0 Å². The second-order valence-corrected chi connectivity index (χ2v) is 5.23. The molecular formula is C17H23N. The highest BCUT2D eigenvalue weighted by Gasteiger charge is 2.44. The average molecular weight is 241 g/mol. The Hall–Kier alpha value is -1.26. The first kappa shape index (κ1) is 13.2. The first-order chi connectivity index (χ1) is 8.83. The summed E-state index contributed by atoms with van der Waals surface area (Å²) in [5.41, 5.74) is 1.81. The van der Waals surface area contributed by atoms with Gasteiger partial charge in [-0.15, -0.1) is 12.3 Å². The van der Waals surface area contributed by atoms with Crippen LogP contribution in [0.1, 0.15) is 44.6 Å². The third-order valence-electron chi connectivity index (χ3n) is 4.29. The van der Waals surface area contributed by atoms with Gasteiger partial charge in [-0.05, 0) is 31.4 Å². The number of rotatable bonds is 6. The lowest BCUT2D eigenvalue weighted by molar-refractivity contribution is 0.164. The van der Waals surface area contributed by atoms with E-state index in [1.54, 1.807) is 0 Å². The van der Waals surface area contributed by atoms with Gasteiger partial charge in [0.2, 0.25) is 0 Å². The maximum Gasteiger partial charge on any atom is 0.0173 e. The van der Waals surface area contributed by atoms with Crippen molar-refractivity contribution in [3.8, 4) is 12.3 Å². The highest BCUT2D eigenvalue weighted by atomic mass is 14.9. The molecule has 2 rings (SSSR count). The molecule has 0 bridgehead atoms. The molecule has 1 unspecified atom stereocenters. The van der Waals surface area contributed by atoms with Crippen LogP contribution in [0.4, 0.5) is 0 Å². The van der Waals surface area contributed by atoms with Crippen LogP contribution < -0.4 is 5.32 Å². The summed E-state index contributed by atoms with van der Waals surface area (Å²) < 4.78 is 0. The fraction of sp³-hybridized carbons (Fsp3) is 0.529. The van der Waals surface area contributed by atoms with Crippen LogP contribution in [-0.2, 0) is 5.41 Å². The van der Waals surface area contributed by atoms with Crippen LogP contribution in [0.15, 0.2) is 30.3 Å². The number of hydrogen-bond acceptors (Lipinski definition) is 1. The van der Waals surface area contributed by atoms with Gasteiger partial charge in [-0.1, -0.05) is 43.7 Å². The van der Waals surface area contributed by atoms with Crippen molar-refractivity contribution in [1.82, 2.24) is 5.32 Å². The molecule has 0 radical (unpaired) electrons. The Morgan fingerprint density at radius 1 is 1.33 bits per heavy atom. The van der Waals surface area contributed by atoms with Gasteiger partial charge in [-0.2, -0.15) is 0 Å². The molecule has 0 aliphatic heterocycles. The fourth-order valence-electron chi connectivity index (χ4n) is 3.21. The van der Waals surface area contributed by atoms with E-state index in [-0.39, 0.29) is 0 Å². The first-order valence-corrected chi connectivity index (χ1v) is 7.06. The molecule has 1 N–H and O–H groups in total. The molecular weight excluding hydrogens is 218 g/mol. The molecule has 1 aliphatic rings. The molecule has 1 atom stereocenters. The van der Waals surface area contributed by atoms with Crippen LogP contribution in [-0.4, -0.2) is 12.6 Å². The van der Waals surface area contributed by atoms with E-state index in [0.717, 1.165) is 19.4 Å². The van der Waals surface area contributed by atoms with E-state index in [1.807, 2.05) is 0 Å². The van der Waals surface area contributed by atoms with E-state index in [0.29, 0.717) is 11.5 Å². The molecule has 96 valence electrons. The Labute approximate surface area is 111 Å². The maximum absolute atomic E-state index is 5.44. The highest BCUT2D eigenvalue weighted by molar-refractivity contribution is 5.30. The van der Waals surface area contributed by atoms with Crippen molar-refractivity contribution in [3.63, 3.8) is 0 Å². The molecule has 0 amide bonds. The number of likely N-dealkylation sites (N-methyl/N-ethyl adjacent to an activating group) is 1. The van der Waals surface area contributed by atoms with Crippen molar-refractivity contribution >= 4 is 0 Å². The van der Waals surface area contributed by atoms with E-state index in [2.05, 4.69) is 48.5 Å². The summed E-state index contributed by atoms with van der Waals surface area (Å²) in [6, 6.07) is 11.5. The van der Waals surface area contributed by atoms with E-state index >= 15 is 0 Å². The molecule has 0 heterocycles. The van der Waals surface area contributed by atoms with E-state index in [4.69, 9.17) is 6.42 Å². The quantitative estimate of drug-likeness (QED) is 0.752. The molecule has 1 aliphatic carbocycles. The highest BCUT2D eigenvalue weighted by Crippen LogP contribution is 2.47. The summed E-state index contributed by atoms with van der Waals surface area (Å²) in [5, 5.41) is 3.66. The minimum Gasteiger partial charge on any atom is -0.313 e. The summed E-state index contributed by atoms with van der Waals surface area (Å²) in [5.74, 6) is 2.79. The zero-order valence-corrected chi connectivity index (χ0v) is 11.3. The van der Waals surface area contributed by atoms with Crippen molar-refractivity contribution in [2.24, 2.45) is 0 Å². The van der Waals surface area contributed by atoms with Crippen molar-refractivity contribution in [3.05, 3.63) is 35.9 Å². The van der Waals surface area contributed by atoms with Crippen LogP contribution in [0.2, 0.25) is 0 Å². The van der Waals surface area contributed by atoms with Gasteiger partial charge in [0.05, 0.1) is 0 Å². The number of terminal acetylenes is 1. The average Bonchev–Trinajstić information content (AvgIpc) is 2.36. The van der Waals surface area contributed by atoms with Gasteiger partial charge in [-0.25, -0.2) is 0 Å². The van der Waals surface area contributed by atoms with Crippen LogP contribution >= 0.6 is 0 Å². The minimum absolute atomic E-state index is 0.327. The molecule has 1 saturated carbocycles. The maximum atomic E-state index is 5.44. The van der Waals surface area contributed by atoms with Crippen molar-refractivity contribution in [1.29, 1.82) is 0 Å². The third kappa shape index (κ3) is 2.44. The summed E-state index contributed by atoms with van der Waals surface area (Å²) in [6.07, 6.45) is 11.3. The molecule has 0 aromatic heterocycles. The molecule has 1 aromatic rings. The van der Waals surface area contributed by atoms with Gasteiger partial charge in [0.1, 0.15) is 0 Å². The summed E-state index contributed by atoms with van der Waals surface area (Å²) in [6.45, 7) is 3.20. The van der Waals surface area contributed by atoms with Crippen LogP contribution in [0.5, 0.6) is 0 Å². The molecule has 18 heavy (non-hydrogen) atoms. The predicted octanol–water partition coefficient (Wildman–Crippen LogP) is 3.50. The predicted molar refractivity (Wildman–Crippen MR) is 77.5 cm³/mol. The number of hydrogen-bond donors (Lipinski definition) is 1. The first-order valence-electron chi connectivity index (χ1n) is 7.06. The normalized spacial score (nSPS) is 18.7. The lowest BCUT2D eigenvalue weighted by atomic mass is 9.59. The molecule has 1 nitrogen and oxygen atoms in total. The molecule has 1 heteroatoms.